The van der Waals surface area contributed by atoms with Crippen LogP contribution in [0.15, 0.2) is 12.3 Å². The van der Waals surface area contributed by atoms with Crippen molar-refractivity contribution >= 4 is 20.3 Å². The van der Waals surface area contributed by atoms with E-state index in [0.717, 1.165) is 6.08 Å². The summed E-state index contributed by atoms with van der Waals surface area (Å²) in [5.74, 6) is -0.714. The zero-order valence-corrected chi connectivity index (χ0v) is 8.27. The molecule has 0 N–H and O–H groups in total. The van der Waals surface area contributed by atoms with Crippen molar-refractivity contribution in [1.29, 1.82) is 0 Å². The Morgan fingerprint density at radius 1 is 1.53 bits per heavy atom. The van der Waals surface area contributed by atoms with Crippen molar-refractivity contribution in [3.8, 4) is 0 Å². The highest BCUT2D eigenvalue weighted by atomic mass is 19.3. The summed E-state index contributed by atoms with van der Waals surface area (Å²) in [5, 5.41) is 0. The maximum Gasteiger partial charge on any atom is 0.242 e. The van der Waals surface area contributed by atoms with Gasteiger partial charge in [0.15, 0.2) is 0 Å². The molecule has 0 aromatic rings. The van der Waals surface area contributed by atoms with E-state index in [9.17, 15) is 18.4 Å². The number of carbonyl (C=O) groups is 2. The Balaban J connectivity index is 3.94. The van der Waals surface area contributed by atoms with Gasteiger partial charge in [-0.15, -0.1) is 0 Å². The minimum Gasteiger partial charge on any atom is -0.380 e. The van der Waals surface area contributed by atoms with Crippen molar-refractivity contribution in [3.63, 3.8) is 0 Å². The predicted octanol–water partition coefficient (Wildman–Crippen LogP) is 0.156. The van der Waals surface area contributed by atoms with E-state index in [4.69, 9.17) is 7.98 Å². The number of nitrogens with zero attached hydrogens (tertiary/aromatic N) is 2. The monoisotopic (exact) mass is 216 g/mol. The highest BCUT2D eigenvalue weighted by Crippen LogP contribution is 2.00. The summed E-state index contributed by atoms with van der Waals surface area (Å²) < 4.78 is 23.6. The number of halogens is 2. The summed E-state index contributed by atoms with van der Waals surface area (Å²) in [6, 6.07) is 0. The van der Waals surface area contributed by atoms with Crippen LogP contribution in [0.2, 0.25) is 0 Å². The molecule has 0 aromatic heterocycles. The zero-order valence-electron chi connectivity index (χ0n) is 8.27. The molecule has 0 saturated heterocycles. The number of hydrogen-bond donors (Lipinski definition) is 0. The van der Waals surface area contributed by atoms with E-state index in [1.165, 1.54) is 18.1 Å². The number of alkyl halides is 2. The normalized spacial score (nSPS) is 10.7. The first-order valence-corrected chi connectivity index (χ1v) is 4.17. The molecule has 0 spiro atoms. The highest BCUT2D eigenvalue weighted by Gasteiger charge is 2.04. The Hall–Kier alpha value is -1.40. The number of amides is 2. The quantitative estimate of drug-likeness (QED) is 0.360. The molecular formula is C8H11BF2N2O2. The van der Waals surface area contributed by atoms with Gasteiger partial charge in [-0.2, -0.15) is 0 Å². The van der Waals surface area contributed by atoms with Gasteiger partial charge in [0, 0.05) is 32.3 Å². The fourth-order valence-electron chi connectivity index (χ4n) is 0.705. The van der Waals surface area contributed by atoms with Gasteiger partial charge in [-0.25, -0.2) is 8.78 Å². The van der Waals surface area contributed by atoms with Gasteiger partial charge in [-0.3, -0.25) is 9.59 Å². The van der Waals surface area contributed by atoms with Gasteiger partial charge in [0.05, 0.1) is 0 Å². The second kappa shape index (κ2) is 6.97. The van der Waals surface area contributed by atoms with E-state index < -0.39 is 12.3 Å². The highest BCUT2D eigenvalue weighted by molar-refractivity contribution is 6.22. The molecule has 0 heterocycles. The molecule has 0 aliphatic carbocycles. The maximum atomic E-state index is 11.8. The predicted molar refractivity (Wildman–Crippen MR) is 51.1 cm³/mol. The van der Waals surface area contributed by atoms with Crippen molar-refractivity contribution in [2.45, 2.75) is 12.8 Å². The third-order valence-corrected chi connectivity index (χ3v) is 1.54. The van der Waals surface area contributed by atoms with E-state index in [1.807, 2.05) is 0 Å². The van der Waals surface area contributed by atoms with Crippen molar-refractivity contribution in [2.75, 3.05) is 13.6 Å². The smallest absolute Gasteiger partial charge is 0.242 e. The molecule has 7 heteroatoms. The third kappa shape index (κ3) is 6.65. The summed E-state index contributed by atoms with van der Waals surface area (Å²) in [4.78, 5) is 22.7. The molecule has 4 nitrogen and oxygen atoms in total. The lowest BCUT2D eigenvalue weighted by molar-refractivity contribution is -0.128. The number of rotatable bonds is 6. The van der Waals surface area contributed by atoms with Crippen LogP contribution >= 0.6 is 0 Å². The van der Waals surface area contributed by atoms with E-state index in [-0.39, 0.29) is 19.4 Å². The lowest BCUT2D eigenvalue weighted by Gasteiger charge is -2.13. The van der Waals surface area contributed by atoms with Gasteiger partial charge in [-0.05, 0) is 0 Å². The molecule has 0 rings (SSSR count). The Morgan fingerprint density at radius 3 is 2.60 bits per heavy atom. The first-order chi connectivity index (χ1) is 6.97. The second-order valence-corrected chi connectivity index (χ2v) is 2.83. The van der Waals surface area contributed by atoms with Crippen LogP contribution in [0.4, 0.5) is 8.78 Å². The number of imide groups is 1. The lowest BCUT2D eigenvalue weighted by atomic mass is 10.3. The Kier molecular flexibility index (Phi) is 6.32. The standard InChI is InChI=1S/C8H11BF2N2O2/c1-12(4-2-7(10)11)5-3-8(15)13(9)6-14/h3,5-7H,2,4H2,1H3/b5-3-. The minimum absolute atomic E-state index is 0.118. The molecule has 15 heavy (non-hydrogen) atoms. The van der Waals surface area contributed by atoms with Crippen LogP contribution in [-0.4, -0.2) is 50.0 Å². The maximum absolute atomic E-state index is 11.8. The fourth-order valence-corrected chi connectivity index (χ4v) is 0.705. The van der Waals surface area contributed by atoms with Crippen LogP contribution in [0.25, 0.3) is 0 Å². The van der Waals surface area contributed by atoms with Gasteiger partial charge in [-0.1, -0.05) is 0 Å². The molecule has 2 amide bonds. The van der Waals surface area contributed by atoms with Crippen LogP contribution in [0, 0.1) is 0 Å². The molecule has 0 unspecified atom stereocenters. The van der Waals surface area contributed by atoms with E-state index in [1.54, 1.807) is 0 Å². The molecule has 2 radical (unpaired) electrons. The molecule has 0 aromatic carbocycles. The van der Waals surface area contributed by atoms with E-state index in [0.29, 0.717) is 4.81 Å². The molecule has 0 bridgehead atoms. The SMILES string of the molecule is [B]N(C=O)C(=O)/C=C\N(C)CCC(F)F. The Labute approximate surface area is 88.0 Å². The first-order valence-electron chi connectivity index (χ1n) is 4.17. The van der Waals surface area contributed by atoms with E-state index >= 15 is 0 Å². The van der Waals surface area contributed by atoms with Crippen LogP contribution in [0.5, 0.6) is 0 Å². The summed E-state index contributed by atoms with van der Waals surface area (Å²) >= 11 is 0. The van der Waals surface area contributed by atoms with Crippen molar-refractivity contribution < 1.29 is 18.4 Å². The van der Waals surface area contributed by atoms with Gasteiger partial charge >= 0.3 is 0 Å². The van der Waals surface area contributed by atoms with Gasteiger partial charge in [0.1, 0.15) is 0 Å². The average molecular weight is 216 g/mol. The van der Waals surface area contributed by atoms with Crippen molar-refractivity contribution in [2.24, 2.45) is 0 Å². The topological polar surface area (TPSA) is 40.6 Å². The van der Waals surface area contributed by atoms with Gasteiger partial charge < -0.3 is 9.71 Å². The lowest BCUT2D eigenvalue weighted by Crippen LogP contribution is -2.25. The minimum atomic E-state index is -2.38. The van der Waals surface area contributed by atoms with E-state index in [2.05, 4.69) is 0 Å². The molecule has 0 fully saturated rings. The molecule has 0 aliphatic rings. The van der Waals surface area contributed by atoms with Crippen LogP contribution in [0.3, 0.4) is 0 Å². The van der Waals surface area contributed by atoms with Crippen LogP contribution < -0.4 is 0 Å². The molecule has 82 valence electrons. The van der Waals surface area contributed by atoms with Crippen LogP contribution in [-0.2, 0) is 9.59 Å². The summed E-state index contributed by atoms with van der Waals surface area (Å²) in [6.45, 7) is 0.118. The third-order valence-electron chi connectivity index (χ3n) is 1.54. The largest absolute Gasteiger partial charge is 0.380 e. The first kappa shape index (κ1) is 13.6. The van der Waals surface area contributed by atoms with Gasteiger partial charge in [0.25, 0.3) is 0 Å². The summed E-state index contributed by atoms with van der Waals surface area (Å²) in [7, 11) is 6.49. The number of hydrogen-bond acceptors (Lipinski definition) is 3. The van der Waals surface area contributed by atoms with Crippen LogP contribution in [0.1, 0.15) is 6.42 Å². The molecule has 0 aliphatic heterocycles. The molecule has 0 atom stereocenters. The van der Waals surface area contributed by atoms with Gasteiger partial charge in [0.2, 0.25) is 26.7 Å². The second-order valence-electron chi connectivity index (χ2n) is 2.83. The molecule has 0 saturated carbocycles. The zero-order chi connectivity index (χ0) is 11.8. The van der Waals surface area contributed by atoms with Crippen molar-refractivity contribution in [1.82, 2.24) is 9.71 Å². The average Bonchev–Trinajstić information content (AvgIpc) is 2.21. The molecular weight excluding hydrogens is 205 g/mol. The summed E-state index contributed by atoms with van der Waals surface area (Å²) in [6.07, 6.45) is -0.188. The summed E-state index contributed by atoms with van der Waals surface area (Å²) in [5.41, 5.74) is 0. The Bertz CT molecular complexity index is 249. The Morgan fingerprint density at radius 2 is 2.13 bits per heavy atom. The fraction of sp³-hybridized carbons (Fsp3) is 0.500. The van der Waals surface area contributed by atoms with Crippen molar-refractivity contribution in [3.05, 3.63) is 12.3 Å². The number of carbonyl (C=O) groups excluding carboxylic acids is 2.